The Labute approximate surface area is 110 Å². The fourth-order valence-electron chi connectivity index (χ4n) is 1.44. The third-order valence-electron chi connectivity index (χ3n) is 3.03. The molecule has 110 valence electrons. The number of carbonyl (C=O) groups is 2. The van der Waals surface area contributed by atoms with Gasteiger partial charge in [-0.25, -0.2) is 9.78 Å². The highest BCUT2D eigenvalue weighted by Crippen LogP contribution is 2.37. The first-order chi connectivity index (χ1) is 9.15. The molecule has 1 aliphatic carbocycles. The van der Waals surface area contributed by atoms with Crippen LogP contribution in [0, 0.1) is 0 Å². The molecule has 10 heteroatoms. The summed E-state index contributed by atoms with van der Waals surface area (Å²) in [6.45, 7) is 0.363. The summed E-state index contributed by atoms with van der Waals surface area (Å²) in [5.41, 5.74) is -3.40. The molecule has 0 saturated heterocycles. The summed E-state index contributed by atoms with van der Waals surface area (Å²) < 4.78 is 38.2. The highest BCUT2D eigenvalue weighted by Gasteiger charge is 2.58. The van der Waals surface area contributed by atoms with E-state index in [0.717, 1.165) is 12.8 Å². The molecule has 1 atom stereocenters. The zero-order chi connectivity index (χ0) is 15.1. The van der Waals surface area contributed by atoms with Gasteiger partial charge in [0.25, 0.3) is 5.91 Å². The van der Waals surface area contributed by atoms with Gasteiger partial charge in [0.15, 0.2) is 0 Å². The van der Waals surface area contributed by atoms with Gasteiger partial charge in [0.1, 0.15) is 5.82 Å². The van der Waals surface area contributed by atoms with Gasteiger partial charge in [-0.1, -0.05) is 0 Å². The van der Waals surface area contributed by atoms with Crippen molar-refractivity contribution in [3.05, 3.63) is 11.6 Å². The van der Waals surface area contributed by atoms with Crippen LogP contribution < -0.4 is 5.32 Å². The average Bonchev–Trinajstić information content (AvgIpc) is 3.05. The van der Waals surface area contributed by atoms with E-state index < -0.39 is 29.4 Å². The summed E-state index contributed by atoms with van der Waals surface area (Å²) in [5, 5.41) is 16.0. The van der Waals surface area contributed by atoms with Crippen molar-refractivity contribution in [2.45, 2.75) is 37.4 Å². The molecule has 20 heavy (non-hydrogen) atoms. The van der Waals surface area contributed by atoms with E-state index in [2.05, 4.69) is 15.2 Å². The van der Waals surface area contributed by atoms with Crippen LogP contribution in [-0.4, -0.2) is 43.9 Å². The highest BCUT2D eigenvalue weighted by molar-refractivity contribution is 5.95. The number of hydrogen-bond donors (Lipinski definition) is 3. The maximum atomic E-state index is 12.7. The van der Waals surface area contributed by atoms with E-state index in [9.17, 15) is 22.8 Å². The highest BCUT2D eigenvalue weighted by atomic mass is 19.4. The lowest BCUT2D eigenvalue weighted by Crippen LogP contribution is -2.62. The van der Waals surface area contributed by atoms with Crippen LogP contribution in [0.15, 0.2) is 0 Å². The van der Waals surface area contributed by atoms with Crippen LogP contribution >= 0.6 is 0 Å². The zero-order valence-electron chi connectivity index (χ0n) is 10.3. The minimum atomic E-state index is -5.15. The summed E-state index contributed by atoms with van der Waals surface area (Å²) in [6, 6.07) is 0. The van der Waals surface area contributed by atoms with Gasteiger partial charge in [-0.2, -0.15) is 13.2 Å². The van der Waals surface area contributed by atoms with Crippen LogP contribution in [0.3, 0.4) is 0 Å². The molecule has 1 unspecified atom stereocenters. The largest absolute Gasteiger partial charge is 0.479 e. The number of amides is 1. The number of nitrogens with one attached hydrogen (secondary N) is 2. The number of nitrogens with zero attached hydrogens (tertiary/aromatic N) is 2. The molecule has 0 aromatic carbocycles. The second-order valence-corrected chi connectivity index (χ2v) is 4.70. The number of halogens is 3. The topological polar surface area (TPSA) is 108 Å². The second kappa shape index (κ2) is 4.46. The number of aromatic nitrogens is 3. The van der Waals surface area contributed by atoms with E-state index >= 15 is 0 Å². The van der Waals surface area contributed by atoms with Crippen molar-refractivity contribution in [1.29, 1.82) is 0 Å². The van der Waals surface area contributed by atoms with Crippen LogP contribution in [0.25, 0.3) is 0 Å². The van der Waals surface area contributed by atoms with Crippen LogP contribution in [-0.2, 0) is 4.79 Å². The van der Waals surface area contributed by atoms with E-state index in [-0.39, 0.29) is 5.92 Å². The molecule has 0 spiro atoms. The lowest BCUT2D eigenvalue weighted by Gasteiger charge is -2.27. The summed E-state index contributed by atoms with van der Waals surface area (Å²) >= 11 is 0. The number of aromatic amines is 1. The van der Waals surface area contributed by atoms with Crippen molar-refractivity contribution in [2.24, 2.45) is 0 Å². The molecule has 1 fully saturated rings. The van der Waals surface area contributed by atoms with Crippen molar-refractivity contribution in [2.75, 3.05) is 0 Å². The minimum absolute atomic E-state index is 0.137. The zero-order valence-corrected chi connectivity index (χ0v) is 10.3. The molecule has 1 aromatic rings. The molecule has 0 bridgehead atoms. The number of aliphatic carboxylic acids is 1. The first kappa shape index (κ1) is 14.3. The van der Waals surface area contributed by atoms with E-state index in [4.69, 9.17) is 5.11 Å². The standard InChI is InChI=1S/C10H11F3N4O3/c1-9(8(19)20,10(11,12)13)15-7(18)6-14-5(16-17-6)4-2-3-4/h4H,2-3H2,1H3,(H,15,18)(H,19,20)(H,14,16,17). The molecule has 0 radical (unpaired) electrons. The third kappa shape index (κ3) is 2.45. The minimum Gasteiger partial charge on any atom is -0.479 e. The molecule has 1 saturated carbocycles. The van der Waals surface area contributed by atoms with Gasteiger partial charge in [0, 0.05) is 5.92 Å². The maximum Gasteiger partial charge on any atom is 0.422 e. The van der Waals surface area contributed by atoms with Crippen LogP contribution in [0.1, 0.15) is 42.1 Å². The molecule has 2 rings (SSSR count). The fraction of sp³-hybridized carbons (Fsp3) is 0.600. The van der Waals surface area contributed by atoms with Crippen molar-refractivity contribution < 1.29 is 27.9 Å². The Morgan fingerprint density at radius 3 is 2.45 bits per heavy atom. The van der Waals surface area contributed by atoms with E-state index in [1.54, 1.807) is 0 Å². The van der Waals surface area contributed by atoms with Crippen LogP contribution in [0.5, 0.6) is 0 Å². The number of carbonyl (C=O) groups excluding carboxylic acids is 1. The van der Waals surface area contributed by atoms with Gasteiger partial charge in [0.2, 0.25) is 11.4 Å². The lowest BCUT2D eigenvalue weighted by atomic mass is 10.0. The number of carboxylic acid groups (broad SMARTS) is 1. The lowest BCUT2D eigenvalue weighted by molar-refractivity contribution is -0.203. The average molecular weight is 292 g/mol. The monoisotopic (exact) mass is 292 g/mol. The number of rotatable bonds is 4. The van der Waals surface area contributed by atoms with Gasteiger partial charge >= 0.3 is 12.1 Å². The molecule has 7 nitrogen and oxygen atoms in total. The first-order valence-corrected chi connectivity index (χ1v) is 5.70. The Morgan fingerprint density at radius 2 is 2.00 bits per heavy atom. The van der Waals surface area contributed by atoms with Gasteiger partial charge in [0.05, 0.1) is 0 Å². The Balaban J connectivity index is 2.17. The van der Waals surface area contributed by atoms with Crippen molar-refractivity contribution in [3.8, 4) is 0 Å². The molecular weight excluding hydrogens is 281 g/mol. The normalized spacial score (nSPS) is 18.4. The van der Waals surface area contributed by atoms with Crippen molar-refractivity contribution in [3.63, 3.8) is 0 Å². The van der Waals surface area contributed by atoms with Gasteiger partial charge in [-0.15, -0.1) is 5.10 Å². The molecule has 0 aliphatic heterocycles. The Morgan fingerprint density at radius 1 is 1.40 bits per heavy atom. The molecule has 1 aliphatic rings. The fourth-order valence-corrected chi connectivity index (χ4v) is 1.44. The first-order valence-electron chi connectivity index (χ1n) is 5.70. The van der Waals surface area contributed by atoms with E-state index in [1.807, 2.05) is 0 Å². The number of H-pyrrole nitrogens is 1. The van der Waals surface area contributed by atoms with Crippen molar-refractivity contribution >= 4 is 11.9 Å². The third-order valence-corrected chi connectivity index (χ3v) is 3.03. The van der Waals surface area contributed by atoms with Gasteiger partial charge in [-0.05, 0) is 19.8 Å². The number of carboxylic acids is 1. The predicted octanol–water partition coefficient (Wildman–Crippen LogP) is 0.818. The summed E-state index contributed by atoms with van der Waals surface area (Å²) in [4.78, 5) is 26.2. The van der Waals surface area contributed by atoms with Crippen LogP contribution in [0.2, 0.25) is 0 Å². The molecular formula is C10H11F3N4O3. The summed E-state index contributed by atoms with van der Waals surface area (Å²) in [6.07, 6.45) is -3.42. The molecule has 3 N–H and O–H groups in total. The van der Waals surface area contributed by atoms with Crippen LogP contribution in [0.4, 0.5) is 13.2 Å². The Hall–Kier alpha value is -2.13. The van der Waals surface area contributed by atoms with E-state index in [1.165, 1.54) is 5.32 Å². The Bertz CT molecular complexity index is 552. The van der Waals surface area contributed by atoms with Crippen molar-refractivity contribution in [1.82, 2.24) is 20.5 Å². The summed E-state index contributed by atoms with van der Waals surface area (Å²) in [5.74, 6) is -3.47. The van der Waals surface area contributed by atoms with Gasteiger partial charge in [-0.3, -0.25) is 9.89 Å². The maximum absolute atomic E-state index is 12.7. The Kier molecular flexibility index (Phi) is 3.18. The molecule has 1 heterocycles. The smallest absolute Gasteiger partial charge is 0.422 e. The number of alkyl halides is 3. The summed E-state index contributed by atoms with van der Waals surface area (Å²) in [7, 11) is 0. The molecule has 1 aromatic heterocycles. The SMILES string of the molecule is CC(NC(=O)c1n[nH]c(C2CC2)n1)(C(=O)O)C(F)(F)F. The van der Waals surface area contributed by atoms with Gasteiger partial charge < -0.3 is 10.4 Å². The second-order valence-electron chi connectivity index (χ2n) is 4.70. The van der Waals surface area contributed by atoms with E-state index in [0.29, 0.717) is 12.7 Å². The molecule has 1 amide bonds. The quantitative estimate of drug-likeness (QED) is 0.761. The number of hydrogen-bond acceptors (Lipinski definition) is 4. The predicted molar refractivity (Wildman–Crippen MR) is 57.9 cm³/mol.